The van der Waals surface area contributed by atoms with Gasteiger partial charge in [-0.2, -0.15) is 5.26 Å². The fourth-order valence-corrected chi connectivity index (χ4v) is 4.11. The first-order chi connectivity index (χ1) is 11.2. The van der Waals surface area contributed by atoms with Gasteiger partial charge >= 0.3 is 0 Å². The van der Waals surface area contributed by atoms with E-state index in [1.54, 1.807) is 37.9 Å². The number of aryl methyl sites for hydroxylation is 1. The number of nitriles is 1. The average Bonchev–Trinajstić information content (AvgIpc) is 2.53. The van der Waals surface area contributed by atoms with Crippen molar-refractivity contribution in [2.45, 2.75) is 25.9 Å². The van der Waals surface area contributed by atoms with Crippen LogP contribution >= 0.6 is 9.24 Å². The van der Waals surface area contributed by atoms with Crippen LogP contribution in [0.15, 0.2) is 35.6 Å². The van der Waals surface area contributed by atoms with Gasteiger partial charge in [0.25, 0.3) is 0 Å². The highest BCUT2D eigenvalue weighted by atomic mass is 31.0. The van der Waals surface area contributed by atoms with Crippen LogP contribution in [0.2, 0.25) is 0 Å². The lowest BCUT2D eigenvalue weighted by Crippen LogP contribution is -2.55. The van der Waals surface area contributed by atoms with Crippen LogP contribution in [0.25, 0.3) is 0 Å². The Morgan fingerprint density at radius 1 is 1.38 bits per heavy atom. The lowest BCUT2D eigenvalue weighted by molar-refractivity contribution is -0.123. The SMILES string of the molecule is Cc1nccc(N2CC=C3C(C)(C)C(=O)C(C#N)=C[C@@]3(P)C2=O)n1. The second kappa shape index (κ2) is 5.32. The van der Waals surface area contributed by atoms with Crippen LogP contribution in [0, 0.1) is 23.7 Å². The van der Waals surface area contributed by atoms with E-state index in [1.807, 2.05) is 12.1 Å². The van der Waals surface area contributed by atoms with E-state index in [9.17, 15) is 14.9 Å². The van der Waals surface area contributed by atoms with Crippen molar-refractivity contribution in [2.75, 3.05) is 11.4 Å². The van der Waals surface area contributed by atoms with Crippen molar-refractivity contribution >= 4 is 26.7 Å². The van der Waals surface area contributed by atoms with Gasteiger partial charge in [-0.1, -0.05) is 6.08 Å². The second-order valence-corrected chi connectivity index (χ2v) is 7.40. The molecule has 2 heterocycles. The summed E-state index contributed by atoms with van der Waals surface area (Å²) in [5.74, 6) is 0.594. The molecule has 3 rings (SSSR count). The standard InChI is InChI=1S/C17H17N4O2P/c1-10-19-6-4-13(20-10)21-7-5-12-16(2,3)14(22)11(9-18)8-17(12,24)15(21)23/h4-6,8H,7,24H2,1-3H3/t17-/m0/s1. The van der Waals surface area contributed by atoms with Crippen LogP contribution in [0.4, 0.5) is 5.82 Å². The molecule has 0 fully saturated rings. The van der Waals surface area contributed by atoms with Gasteiger partial charge in [0, 0.05) is 12.7 Å². The Kier molecular flexibility index (Phi) is 3.65. The van der Waals surface area contributed by atoms with Gasteiger partial charge in [0.1, 0.15) is 22.9 Å². The minimum atomic E-state index is -1.11. The number of rotatable bonds is 1. The molecule has 0 aromatic carbocycles. The quantitative estimate of drug-likeness (QED) is 0.574. The van der Waals surface area contributed by atoms with Crippen LogP contribution in [-0.4, -0.2) is 33.4 Å². The first-order valence-electron chi connectivity index (χ1n) is 7.51. The van der Waals surface area contributed by atoms with E-state index in [-0.39, 0.29) is 17.3 Å². The van der Waals surface area contributed by atoms with E-state index in [0.29, 0.717) is 23.8 Å². The number of carbonyl (C=O) groups excluding carboxylic acids is 2. The fourth-order valence-electron chi connectivity index (χ4n) is 3.31. The number of ketones is 1. The monoisotopic (exact) mass is 340 g/mol. The highest BCUT2D eigenvalue weighted by Crippen LogP contribution is 2.50. The van der Waals surface area contributed by atoms with Crippen LogP contribution in [0.1, 0.15) is 19.7 Å². The van der Waals surface area contributed by atoms with Crippen LogP contribution in [0.5, 0.6) is 0 Å². The highest BCUT2D eigenvalue weighted by Gasteiger charge is 2.53. The molecule has 122 valence electrons. The molecule has 2 aliphatic rings. The van der Waals surface area contributed by atoms with Gasteiger partial charge in [-0.05, 0) is 38.5 Å². The van der Waals surface area contributed by atoms with Crippen molar-refractivity contribution in [3.8, 4) is 6.07 Å². The number of hydrogen-bond donors (Lipinski definition) is 0. The zero-order chi connectivity index (χ0) is 17.7. The van der Waals surface area contributed by atoms with Crippen LogP contribution in [-0.2, 0) is 9.59 Å². The lowest BCUT2D eigenvalue weighted by atomic mass is 9.66. The molecule has 2 atom stereocenters. The van der Waals surface area contributed by atoms with Crippen molar-refractivity contribution in [2.24, 2.45) is 5.41 Å². The first kappa shape index (κ1) is 16.5. The Bertz CT molecular complexity index is 866. The number of amides is 1. The molecule has 0 N–H and O–H groups in total. The number of Topliss-reactive ketones (excluding diaryl/α,β-unsaturated/α-hetero) is 1. The molecule has 0 radical (unpaired) electrons. The molecule has 0 saturated heterocycles. The van der Waals surface area contributed by atoms with Gasteiger partial charge in [0.05, 0.1) is 11.0 Å². The third-order valence-corrected chi connectivity index (χ3v) is 5.26. The van der Waals surface area contributed by atoms with Crippen LogP contribution in [0.3, 0.4) is 0 Å². The first-order valence-corrected chi connectivity index (χ1v) is 8.09. The van der Waals surface area contributed by atoms with Crippen molar-refractivity contribution in [1.29, 1.82) is 5.26 Å². The van der Waals surface area contributed by atoms with E-state index in [2.05, 4.69) is 19.2 Å². The molecule has 1 unspecified atom stereocenters. The summed E-state index contributed by atoms with van der Waals surface area (Å²) in [5, 5.41) is 8.18. The van der Waals surface area contributed by atoms with E-state index in [4.69, 9.17) is 0 Å². The molecule has 24 heavy (non-hydrogen) atoms. The molecule has 6 nitrogen and oxygen atoms in total. The number of nitrogens with zero attached hydrogens (tertiary/aromatic N) is 4. The summed E-state index contributed by atoms with van der Waals surface area (Å²) in [6.45, 7) is 5.59. The van der Waals surface area contributed by atoms with Crippen LogP contribution < -0.4 is 4.90 Å². The Morgan fingerprint density at radius 3 is 2.71 bits per heavy atom. The zero-order valence-electron chi connectivity index (χ0n) is 13.7. The molecule has 1 aromatic rings. The van der Waals surface area contributed by atoms with Gasteiger partial charge < -0.3 is 0 Å². The number of aromatic nitrogens is 2. The predicted molar refractivity (Wildman–Crippen MR) is 92.1 cm³/mol. The third-order valence-electron chi connectivity index (χ3n) is 4.54. The van der Waals surface area contributed by atoms with Gasteiger partial charge in [-0.25, -0.2) is 9.97 Å². The van der Waals surface area contributed by atoms with E-state index in [0.717, 1.165) is 0 Å². The minimum absolute atomic E-state index is 0.0150. The second-order valence-electron chi connectivity index (χ2n) is 6.49. The summed E-state index contributed by atoms with van der Waals surface area (Å²) in [6.07, 6.45) is 4.94. The molecule has 1 aliphatic heterocycles. The molecule has 1 aromatic heterocycles. The zero-order valence-corrected chi connectivity index (χ0v) is 14.9. The van der Waals surface area contributed by atoms with Gasteiger partial charge in [-0.3, -0.25) is 14.5 Å². The van der Waals surface area contributed by atoms with Gasteiger partial charge in [0.2, 0.25) is 5.91 Å². The van der Waals surface area contributed by atoms with Gasteiger partial charge in [0.15, 0.2) is 5.78 Å². The summed E-state index contributed by atoms with van der Waals surface area (Å²) in [6, 6.07) is 3.60. The topological polar surface area (TPSA) is 87.0 Å². The Labute approximate surface area is 142 Å². The maximum Gasteiger partial charge on any atom is 0.246 e. The number of hydrogen-bond acceptors (Lipinski definition) is 5. The smallest absolute Gasteiger partial charge is 0.246 e. The van der Waals surface area contributed by atoms with Crippen molar-refractivity contribution in [1.82, 2.24) is 9.97 Å². The summed E-state index contributed by atoms with van der Waals surface area (Å²) in [7, 11) is 2.53. The maximum absolute atomic E-state index is 13.2. The lowest BCUT2D eigenvalue weighted by Gasteiger charge is -2.45. The molecule has 0 spiro atoms. The highest BCUT2D eigenvalue weighted by molar-refractivity contribution is 7.22. The molecule has 1 amide bonds. The third kappa shape index (κ3) is 2.20. The van der Waals surface area contributed by atoms with Crippen molar-refractivity contribution in [3.63, 3.8) is 0 Å². The van der Waals surface area contributed by atoms with E-state index in [1.165, 1.54) is 6.08 Å². The molecule has 1 aliphatic carbocycles. The Hall–Kier alpha value is -2.38. The summed E-state index contributed by atoms with van der Waals surface area (Å²) in [5.41, 5.74) is -0.178. The van der Waals surface area contributed by atoms with Crippen molar-refractivity contribution < 1.29 is 9.59 Å². The maximum atomic E-state index is 13.2. The molecular weight excluding hydrogens is 323 g/mol. The average molecular weight is 340 g/mol. The number of allylic oxidation sites excluding steroid dienone is 1. The summed E-state index contributed by atoms with van der Waals surface area (Å²) < 4.78 is 0. The summed E-state index contributed by atoms with van der Waals surface area (Å²) in [4.78, 5) is 35.6. The normalized spacial score (nSPS) is 25.5. The van der Waals surface area contributed by atoms with Gasteiger partial charge in [-0.15, -0.1) is 9.24 Å². The molecular formula is C17H17N4O2P. The molecule has 0 bridgehead atoms. The largest absolute Gasteiger partial charge is 0.292 e. The number of fused-ring (bicyclic) bond motifs is 1. The Morgan fingerprint density at radius 2 is 2.08 bits per heavy atom. The summed E-state index contributed by atoms with van der Waals surface area (Å²) >= 11 is 0. The van der Waals surface area contributed by atoms with E-state index < -0.39 is 10.6 Å². The number of anilines is 1. The number of carbonyl (C=O) groups is 2. The van der Waals surface area contributed by atoms with E-state index >= 15 is 0 Å². The predicted octanol–water partition coefficient (Wildman–Crippen LogP) is 1.73. The minimum Gasteiger partial charge on any atom is -0.292 e. The van der Waals surface area contributed by atoms with Crippen molar-refractivity contribution in [3.05, 3.63) is 41.4 Å². The molecule has 7 heteroatoms. The molecule has 0 saturated carbocycles. The Balaban J connectivity index is 2.16. The fraction of sp³-hybridized carbons (Fsp3) is 0.353.